The first kappa shape index (κ1) is 15.8. The maximum Gasteiger partial charge on any atom is 0.0445 e. The quantitative estimate of drug-likeness (QED) is 0.815. The second kappa shape index (κ2) is 6.95. The summed E-state index contributed by atoms with van der Waals surface area (Å²) in [4.78, 5) is 2.49. The Labute approximate surface area is 128 Å². The average Bonchev–Trinajstić information content (AvgIpc) is 2.56. The van der Waals surface area contributed by atoms with Crippen molar-refractivity contribution in [3.63, 3.8) is 0 Å². The van der Waals surface area contributed by atoms with Crippen LogP contribution >= 0.6 is 0 Å². The van der Waals surface area contributed by atoms with E-state index in [1.807, 2.05) is 0 Å². The molecule has 0 saturated heterocycles. The molecule has 2 rings (SSSR count). The summed E-state index contributed by atoms with van der Waals surface area (Å²) in [6.07, 6.45) is 2.25. The maximum atomic E-state index is 6.10. The van der Waals surface area contributed by atoms with Gasteiger partial charge in [0.25, 0.3) is 0 Å². The lowest BCUT2D eigenvalue weighted by Gasteiger charge is -2.37. The van der Waals surface area contributed by atoms with E-state index < -0.39 is 0 Å². The van der Waals surface area contributed by atoms with Crippen molar-refractivity contribution in [3.05, 3.63) is 42.5 Å². The van der Waals surface area contributed by atoms with Crippen LogP contribution in [0.2, 0.25) is 0 Å². The Morgan fingerprint density at radius 3 is 2.24 bits per heavy atom. The standard InChI is InChI=1S/C19H28N2/c1-4-19(5-2,14-20)15-21(6-3)18-13-9-11-16-10-7-8-12-17(16)18/h7-13H,4-6,14-15,20H2,1-3H3. The molecule has 2 aromatic carbocycles. The van der Waals surface area contributed by atoms with Crippen molar-refractivity contribution in [2.45, 2.75) is 33.6 Å². The largest absolute Gasteiger partial charge is 0.371 e. The zero-order chi connectivity index (χ0) is 15.3. The van der Waals surface area contributed by atoms with E-state index in [2.05, 4.69) is 68.1 Å². The zero-order valence-electron chi connectivity index (χ0n) is 13.6. The highest BCUT2D eigenvalue weighted by atomic mass is 15.1. The number of nitrogens with two attached hydrogens (primary N) is 1. The minimum atomic E-state index is 0.215. The summed E-state index contributed by atoms with van der Waals surface area (Å²) in [6, 6.07) is 15.2. The molecule has 0 aliphatic heterocycles. The van der Waals surface area contributed by atoms with Gasteiger partial charge < -0.3 is 10.6 Å². The lowest BCUT2D eigenvalue weighted by Crippen LogP contribution is -2.42. The monoisotopic (exact) mass is 284 g/mol. The summed E-state index contributed by atoms with van der Waals surface area (Å²) in [7, 11) is 0. The second-order valence-electron chi connectivity index (χ2n) is 5.92. The predicted molar refractivity (Wildman–Crippen MR) is 93.9 cm³/mol. The lowest BCUT2D eigenvalue weighted by atomic mass is 9.81. The molecule has 2 heteroatoms. The Morgan fingerprint density at radius 2 is 1.62 bits per heavy atom. The molecule has 0 saturated carbocycles. The first-order chi connectivity index (χ1) is 10.2. The highest BCUT2D eigenvalue weighted by Crippen LogP contribution is 2.32. The first-order valence-electron chi connectivity index (χ1n) is 8.12. The highest BCUT2D eigenvalue weighted by Gasteiger charge is 2.27. The molecule has 0 aliphatic rings. The Balaban J connectivity index is 2.40. The van der Waals surface area contributed by atoms with Crippen molar-refractivity contribution in [1.82, 2.24) is 0 Å². The molecule has 21 heavy (non-hydrogen) atoms. The van der Waals surface area contributed by atoms with Crippen molar-refractivity contribution in [2.24, 2.45) is 11.1 Å². The topological polar surface area (TPSA) is 29.3 Å². The van der Waals surface area contributed by atoms with Gasteiger partial charge in [0.2, 0.25) is 0 Å². The maximum absolute atomic E-state index is 6.10. The lowest BCUT2D eigenvalue weighted by molar-refractivity contribution is 0.278. The highest BCUT2D eigenvalue weighted by molar-refractivity contribution is 5.94. The Morgan fingerprint density at radius 1 is 0.952 bits per heavy atom. The SMILES string of the molecule is CCN(CC(CC)(CC)CN)c1cccc2ccccc12. The third-order valence-electron chi connectivity index (χ3n) is 4.95. The van der Waals surface area contributed by atoms with Crippen LogP contribution in [0.5, 0.6) is 0 Å². The molecule has 2 aromatic rings. The van der Waals surface area contributed by atoms with E-state index in [4.69, 9.17) is 5.73 Å². The number of anilines is 1. The van der Waals surface area contributed by atoms with E-state index in [1.54, 1.807) is 0 Å². The molecule has 0 atom stereocenters. The predicted octanol–water partition coefficient (Wildman–Crippen LogP) is 4.43. The van der Waals surface area contributed by atoms with Gasteiger partial charge in [0.1, 0.15) is 0 Å². The molecule has 0 radical (unpaired) electrons. The number of fused-ring (bicyclic) bond motifs is 1. The molecule has 0 heterocycles. The molecule has 114 valence electrons. The van der Waals surface area contributed by atoms with Crippen molar-refractivity contribution < 1.29 is 0 Å². The fraction of sp³-hybridized carbons (Fsp3) is 0.474. The minimum absolute atomic E-state index is 0.215. The summed E-state index contributed by atoms with van der Waals surface area (Å²) >= 11 is 0. The van der Waals surface area contributed by atoms with Crippen LogP contribution in [0.1, 0.15) is 33.6 Å². The van der Waals surface area contributed by atoms with Crippen molar-refractivity contribution in [3.8, 4) is 0 Å². The van der Waals surface area contributed by atoms with E-state index in [-0.39, 0.29) is 5.41 Å². The third kappa shape index (κ3) is 3.21. The van der Waals surface area contributed by atoms with Gasteiger partial charge in [0, 0.05) is 24.2 Å². The van der Waals surface area contributed by atoms with Gasteiger partial charge in [0.05, 0.1) is 0 Å². The van der Waals surface area contributed by atoms with Crippen molar-refractivity contribution in [2.75, 3.05) is 24.5 Å². The molecular weight excluding hydrogens is 256 g/mol. The normalized spacial score (nSPS) is 11.8. The third-order valence-corrected chi connectivity index (χ3v) is 4.95. The van der Waals surface area contributed by atoms with Gasteiger partial charge in [0.15, 0.2) is 0 Å². The molecule has 0 bridgehead atoms. The summed E-state index contributed by atoms with van der Waals surface area (Å²) in [6.45, 7) is 9.53. The number of hydrogen-bond donors (Lipinski definition) is 1. The Hall–Kier alpha value is -1.54. The van der Waals surface area contributed by atoms with Crippen LogP contribution < -0.4 is 10.6 Å². The first-order valence-corrected chi connectivity index (χ1v) is 8.12. The van der Waals surface area contributed by atoms with Gasteiger partial charge in [-0.15, -0.1) is 0 Å². The smallest absolute Gasteiger partial charge is 0.0445 e. The molecule has 2 nitrogen and oxygen atoms in total. The van der Waals surface area contributed by atoms with Gasteiger partial charge in [-0.25, -0.2) is 0 Å². The summed E-state index contributed by atoms with van der Waals surface area (Å²) in [5, 5.41) is 2.64. The van der Waals surface area contributed by atoms with Crippen LogP contribution in [0.25, 0.3) is 10.8 Å². The number of hydrogen-bond acceptors (Lipinski definition) is 2. The fourth-order valence-electron chi connectivity index (χ4n) is 3.08. The molecule has 0 aliphatic carbocycles. The van der Waals surface area contributed by atoms with E-state index in [9.17, 15) is 0 Å². The van der Waals surface area contributed by atoms with Crippen LogP contribution in [0.3, 0.4) is 0 Å². The van der Waals surface area contributed by atoms with E-state index in [0.29, 0.717) is 0 Å². The zero-order valence-corrected chi connectivity index (χ0v) is 13.6. The molecule has 0 fully saturated rings. The van der Waals surface area contributed by atoms with Gasteiger partial charge >= 0.3 is 0 Å². The average molecular weight is 284 g/mol. The van der Waals surface area contributed by atoms with Crippen LogP contribution in [-0.4, -0.2) is 19.6 Å². The van der Waals surface area contributed by atoms with Gasteiger partial charge in [-0.05, 0) is 43.2 Å². The number of nitrogens with zero attached hydrogens (tertiary/aromatic N) is 1. The van der Waals surface area contributed by atoms with Crippen LogP contribution in [0.4, 0.5) is 5.69 Å². The molecule has 0 aromatic heterocycles. The summed E-state index contributed by atoms with van der Waals surface area (Å²) in [5.74, 6) is 0. The van der Waals surface area contributed by atoms with Gasteiger partial charge in [-0.2, -0.15) is 0 Å². The van der Waals surface area contributed by atoms with Crippen LogP contribution in [0, 0.1) is 5.41 Å². The van der Waals surface area contributed by atoms with Crippen molar-refractivity contribution >= 4 is 16.5 Å². The number of benzene rings is 2. The van der Waals surface area contributed by atoms with Crippen molar-refractivity contribution in [1.29, 1.82) is 0 Å². The summed E-state index contributed by atoms with van der Waals surface area (Å²) in [5.41, 5.74) is 7.64. The Bertz CT molecular complexity index is 559. The van der Waals surface area contributed by atoms with Gasteiger partial charge in [-0.3, -0.25) is 0 Å². The summed E-state index contributed by atoms with van der Waals surface area (Å²) < 4.78 is 0. The van der Waals surface area contributed by atoms with E-state index in [1.165, 1.54) is 16.5 Å². The Kier molecular flexibility index (Phi) is 5.24. The van der Waals surface area contributed by atoms with E-state index in [0.717, 1.165) is 32.5 Å². The van der Waals surface area contributed by atoms with E-state index >= 15 is 0 Å². The van der Waals surface area contributed by atoms with Crippen LogP contribution in [-0.2, 0) is 0 Å². The second-order valence-corrected chi connectivity index (χ2v) is 5.92. The molecule has 0 spiro atoms. The fourth-order valence-corrected chi connectivity index (χ4v) is 3.08. The molecule has 2 N–H and O–H groups in total. The van der Waals surface area contributed by atoms with Gasteiger partial charge in [-0.1, -0.05) is 50.2 Å². The number of rotatable bonds is 7. The molecule has 0 unspecified atom stereocenters. The molecule has 0 amide bonds. The molecular formula is C19H28N2. The van der Waals surface area contributed by atoms with Crippen LogP contribution in [0.15, 0.2) is 42.5 Å². The minimum Gasteiger partial charge on any atom is -0.371 e.